The zero-order chi connectivity index (χ0) is 22.5. The summed E-state index contributed by atoms with van der Waals surface area (Å²) in [7, 11) is 0. The van der Waals surface area contributed by atoms with E-state index in [0.717, 1.165) is 22.6 Å². The Bertz CT molecular complexity index is 1310. The van der Waals surface area contributed by atoms with Gasteiger partial charge in [0.25, 0.3) is 0 Å². The maximum Gasteiger partial charge on any atom is 0.316 e. The van der Waals surface area contributed by atoms with Crippen LogP contribution in [0.1, 0.15) is 12.6 Å². The minimum atomic E-state index is -0.334. The molecule has 4 rings (SSSR count). The van der Waals surface area contributed by atoms with Crippen LogP contribution in [0.3, 0.4) is 0 Å². The first-order valence-corrected chi connectivity index (χ1v) is 11.3. The van der Waals surface area contributed by atoms with E-state index in [4.69, 9.17) is 4.74 Å². The molecule has 0 spiro atoms. The minimum Gasteiger partial charge on any atom is -0.465 e. The lowest BCUT2D eigenvalue weighted by molar-refractivity contribution is -0.139. The molecular formula is C25H23N3O3S. The number of hydrogen-bond donors (Lipinski definition) is 1. The number of fused-ring (bicyclic) bond motifs is 1. The van der Waals surface area contributed by atoms with Crippen LogP contribution in [0.25, 0.3) is 16.6 Å². The average molecular weight is 446 g/mol. The number of aromatic nitrogens is 2. The summed E-state index contributed by atoms with van der Waals surface area (Å²) in [5, 5.41) is 4.37. The highest BCUT2D eigenvalue weighted by Gasteiger charge is 2.17. The van der Waals surface area contributed by atoms with E-state index in [9.17, 15) is 9.59 Å². The van der Waals surface area contributed by atoms with Crippen molar-refractivity contribution in [2.75, 3.05) is 17.7 Å². The van der Waals surface area contributed by atoms with Gasteiger partial charge < -0.3 is 10.1 Å². The highest BCUT2D eigenvalue weighted by Crippen LogP contribution is 2.30. The molecular weight excluding hydrogens is 422 g/mol. The van der Waals surface area contributed by atoms with E-state index < -0.39 is 0 Å². The summed E-state index contributed by atoms with van der Waals surface area (Å²) in [6.07, 6.45) is 0. The molecule has 4 aromatic rings. The molecule has 2 aromatic heterocycles. The average Bonchev–Trinajstić information content (AvgIpc) is 2.79. The number of hydrogen-bond acceptors (Lipinski definition) is 6. The number of anilines is 2. The van der Waals surface area contributed by atoms with E-state index in [1.54, 1.807) is 13.0 Å². The van der Waals surface area contributed by atoms with Gasteiger partial charge >= 0.3 is 5.97 Å². The first-order valence-electron chi connectivity index (χ1n) is 10.3. The molecule has 1 N–H and O–H groups in total. The molecule has 0 saturated carbocycles. The van der Waals surface area contributed by atoms with E-state index in [-0.39, 0.29) is 17.2 Å². The third kappa shape index (κ3) is 4.68. The number of carbonyl (C=O) groups excluding carboxylic acids is 1. The third-order valence-corrected chi connectivity index (χ3v) is 5.73. The van der Waals surface area contributed by atoms with E-state index in [0.29, 0.717) is 22.8 Å². The number of benzene rings is 2. The molecule has 0 radical (unpaired) electrons. The van der Waals surface area contributed by atoms with Crippen molar-refractivity contribution in [2.45, 2.75) is 18.9 Å². The number of ether oxygens (including phenoxy) is 1. The van der Waals surface area contributed by atoms with E-state index in [1.165, 1.54) is 11.8 Å². The molecule has 0 atom stereocenters. The van der Waals surface area contributed by atoms with Crippen molar-refractivity contribution in [3.8, 4) is 5.69 Å². The second-order valence-corrected chi connectivity index (χ2v) is 8.08. The predicted octanol–water partition coefficient (Wildman–Crippen LogP) is 5.09. The van der Waals surface area contributed by atoms with Gasteiger partial charge in [-0.3, -0.25) is 14.2 Å². The van der Waals surface area contributed by atoms with Crippen molar-refractivity contribution in [1.82, 2.24) is 9.55 Å². The number of carbonyl (C=O) groups is 1. The molecule has 2 heterocycles. The molecule has 162 valence electrons. The quantitative estimate of drug-likeness (QED) is 0.315. The Hall–Kier alpha value is -3.58. The Balaban J connectivity index is 1.92. The largest absolute Gasteiger partial charge is 0.465 e. The number of thioether (sulfide) groups is 1. The van der Waals surface area contributed by atoms with Gasteiger partial charge in [-0.05, 0) is 44.2 Å². The molecule has 6 nitrogen and oxygen atoms in total. The van der Waals surface area contributed by atoms with Gasteiger partial charge in [-0.1, -0.05) is 48.2 Å². The van der Waals surface area contributed by atoms with Crippen molar-refractivity contribution in [1.29, 1.82) is 0 Å². The maximum atomic E-state index is 13.3. The van der Waals surface area contributed by atoms with E-state index >= 15 is 0 Å². The molecule has 0 aliphatic carbocycles. The molecule has 0 amide bonds. The van der Waals surface area contributed by atoms with Crippen LogP contribution in [0, 0.1) is 6.92 Å². The molecule has 7 heteroatoms. The first kappa shape index (κ1) is 21.6. The first-order chi connectivity index (χ1) is 15.6. The third-order valence-electron chi connectivity index (χ3n) is 4.78. The van der Waals surface area contributed by atoms with Crippen LogP contribution in [0.2, 0.25) is 0 Å². The Labute approximate surface area is 190 Å². The Morgan fingerprint density at radius 3 is 2.44 bits per heavy atom. The lowest BCUT2D eigenvalue weighted by Crippen LogP contribution is -2.15. The standard InChI is InChI=1S/C25H23N3O3S/c1-3-31-23(30)16-32-25-24-20(14-17(2)26-25)28(19-12-8-5-9-13-19)22(15-21(24)29)27-18-10-6-4-7-11-18/h4-15,27H,3,16H2,1-2H3. The zero-order valence-electron chi connectivity index (χ0n) is 17.9. The SMILES string of the molecule is CCOC(=O)CSc1nc(C)cc2c1c(=O)cc(Nc1ccccc1)n2-c1ccccc1. The number of esters is 1. The van der Waals surface area contributed by atoms with Gasteiger partial charge in [0.05, 0.1) is 23.3 Å². The molecule has 32 heavy (non-hydrogen) atoms. The summed E-state index contributed by atoms with van der Waals surface area (Å²) in [6, 6.07) is 23.0. The van der Waals surface area contributed by atoms with E-state index in [1.807, 2.05) is 78.2 Å². The summed E-state index contributed by atoms with van der Waals surface area (Å²) in [5.41, 5.74) is 3.09. The van der Waals surface area contributed by atoms with Gasteiger partial charge in [0.15, 0.2) is 5.43 Å². The predicted molar refractivity (Wildman–Crippen MR) is 129 cm³/mol. The monoisotopic (exact) mass is 445 g/mol. The number of rotatable bonds is 7. The Kier molecular flexibility index (Phi) is 6.56. The van der Waals surface area contributed by atoms with Crippen LogP contribution in [-0.2, 0) is 9.53 Å². The summed E-state index contributed by atoms with van der Waals surface area (Å²) in [5.74, 6) is 0.403. The normalized spacial score (nSPS) is 10.8. The second-order valence-electron chi connectivity index (χ2n) is 7.11. The maximum absolute atomic E-state index is 13.3. The fourth-order valence-electron chi connectivity index (χ4n) is 3.48. The molecule has 0 saturated heterocycles. The molecule has 0 aliphatic heterocycles. The zero-order valence-corrected chi connectivity index (χ0v) is 18.7. The van der Waals surface area contributed by atoms with Gasteiger partial charge in [-0.15, -0.1) is 0 Å². The fraction of sp³-hybridized carbons (Fsp3) is 0.160. The summed E-state index contributed by atoms with van der Waals surface area (Å²) in [4.78, 5) is 29.7. The molecule has 0 fully saturated rings. The van der Waals surface area contributed by atoms with Crippen LogP contribution in [0.15, 0.2) is 82.6 Å². The fourth-order valence-corrected chi connectivity index (χ4v) is 4.37. The smallest absolute Gasteiger partial charge is 0.316 e. The lowest BCUT2D eigenvalue weighted by Gasteiger charge is -2.19. The van der Waals surface area contributed by atoms with Gasteiger partial charge in [-0.25, -0.2) is 4.98 Å². The Morgan fingerprint density at radius 1 is 1.06 bits per heavy atom. The molecule has 0 aliphatic rings. The summed E-state index contributed by atoms with van der Waals surface area (Å²) in [6.45, 7) is 3.96. The lowest BCUT2D eigenvalue weighted by atomic mass is 10.2. The highest BCUT2D eigenvalue weighted by molar-refractivity contribution is 8.00. The van der Waals surface area contributed by atoms with Crippen molar-refractivity contribution >= 4 is 40.1 Å². The topological polar surface area (TPSA) is 73.2 Å². The number of aryl methyl sites for hydroxylation is 1. The van der Waals surface area contributed by atoms with Crippen molar-refractivity contribution in [3.63, 3.8) is 0 Å². The van der Waals surface area contributed by atoms with Crippen molar-refractivity contribution in [2.24, 2.45) is 0 Å². The van der Waals surface area contributed by atoms with Gasteiger partial charge in [-0.2, -0.15) is 0 Å². The number of nitrogens with zero attached hydrogens (tertiary/aromatic N) is 2. The van der Waals surface area contributed by atoms with Gasteiger partial charge in [0, 0.05) is 23.1 Å². The highest BCUT2D eigenvalue weighted by atomic mass is 32.2. The van der Waals surface area contributed by atoms with Crippen LogP contribution in [-0.4, -0.2) is 27.9 Å². The number of para-hydroxylation sites is 2. The molecule has 0 bridgehead atoms. The number of nitrogens with one attached hydrogen (secondary N) is 1. The Morgan fingerprint density at radius 2 is 1.75 bits per heavy atom. The van der Waals surface area contributed by atoms with Crippen LogP contribution in [0.4, 0.5) is 11.5 Å². The van der Waals surface area contributed by atoms with Crippen molar-refractivity contribution in [3.05, 3.63) is 88.7 Å². The number of pyridine rings is 2. The molecule has 2 aromatic carbocycles. The van der Waals surface area contributed by atoms with Crippen LogP contribution < -0.4 is 10.7 Å². The van der Waals surface area contributed by atoms with E-state index in [2.05, 4.69) is 10.3 Å². The van der Waals surface area contributed by atoms with Crippen LogP contribution in [0.5, 0.6) is 0 Å². The van der Waals surface area contributed by atoms with Gasteiger partial charge in [0.2, 0.25) is 0 Å². The molecule has 0 unspecified atom stereocenters. The second kappa shape index (κ2) is 9.70. The van der Waals surface area contributed by atoms with Crippen LogP contribution >= 0.6 is 11.8 Å². The summed E-state index contributed by atoms with van der Waals surface area (Å²) < 4.78 is 7.04. The minimum absolute atomic E-state index is 0.0915. The van der Waals surface area contributed by atoms with Gasteiger partial charge in [0.1, 0.15) is 10.8 Å². The van der Waals surface area contributed by atoms with Crippen molar-refractivity contribution < 1.29 is 9.53 Å². The summed E-state index contributed by atoms with van der Waals surface area (Å²) >= 11 is 1.22.